The molecule has 0 spiro atoms. The van der Waals surface area contributed by atoms with Crippen LogP contribution in [0.25, 0.3) is 0 Å². The molecule has 1 amide bonds. The Labute approximate surface area is 89.0 Å². The fourth-order valence-corrected chi connectivity index (χ4v) is 1.49. The van der Waals surface area contributed by atoms with Crippen molar-refractivity contribution in [2.75, 3.05) is 7.11 Å². The maximum absolute atomic E-state index is 11.3. The zero-order valence-electron chi connectivity index (χ0n) is 8.73. The lowest BCUT2D eigenvalue weighted by atomic mass is 10.0. The van der Waals surface area contributed by atoms with Gasteiger partial charge in [-0.05, 0) is 18.4 Å². The summed E-state index contributed by atoms with van der Waals surface area (Å²) in [5.41, 5.74) is 1.06. The predicted octanol–water partition coefficient (Wildman–Crippen LogP) is 0.940. The molecule has 1 rings (SSSR count). The van der Waals surface area contributed by atoms with Crippen LogP contribution in [-0.2, 0) is 14.3 Å². The molecule has 4 heteroatoms. The Bertz CT molecular complexity index is 294. The van der Waals surface area contributed by atoms with Crippen LogP contribution in [0, 0.1) is 0 Å². The van der Waals surface area contributed by atoms with Gasteiger partial charge in [0.2, 0.25) is 6.41 Å². The van der Waals surface area contributed by atoms with Gasteiger partial charge in [0.15, 0.2) is 0 Å². The van der Waals surface area contributed by atoms with E-state index in [2.05, 4.69) is 22.2 Å². The van der Waals surface area contributed by atoms with Crippen LogP contribution < -0.4 is 5.32 Å². The molecule has 0 saturated heterocycles. The van der Waals surface area contributed by atoms with Gasteiger partial charge >= 0.3 is 5.97 Å². The van der Waals surface area contributed by atoms with Crippen molar-refractivity contribution >= 4 is 12.4 Å². The highest BCUT2D eigenvalue weighted by Crippen LogP contribution is 2.15. The Morgan fingerprint density at radius 1 is 1.67 bits per heavy atom. The summed E-state index contributed by atoms with van der Waals surface area (Å²) in [5.74, 6) is -0.415. The third kappa shape index (κ3) is 3.58. The molecule has 82 valence electrons. The number of esters is 1. The SMILES string of the molecule is COC(=O)[C@H](CC1=CCCC=C1)NC=O. The summed E-state index contributed by atoms with van der Waals surface area (Å²) in [6, 6.07) is -0.582. The first-order valence-electron chi connectivity index (χ1n) is 4.91. The summed E-state index contributed by atoms with van der Waals surface area (Å²) in [6.07, 6.45) is 9.14. The van der Waals surface area contributed by atoms with E-state index in [9.17, 15) is 9.59 Å². The highest BCUT2D eigenvalue weighted by molar-refractivity contribution is 5.78. The third-order valence-corrected chi connectivity index (χ3v) is 2.27. The van der Waals surface area contributed by atoms with Gasteiger partial charge in [0, 0.05) is 6.42 Å². The monoisotopic (exact) mass is 209 g/mol. The minimum atomic E-state index is -0.582. The molecule has 15 heavy (non-hydrogen) atoms. The van der Waals surface area contributed by atoms with E-state index < -0.39 is 12.0 Å². The van der Waals surface area contributed by atoms with Gasteiger partial charge in [0.1, 0.15) is 6.04 Å². The molecule has 0 unspecified atom stereocenters. The van der Waals surface area contributed by atoms with E-state index >= 15 is 0 Å². The van der Waals surface area contributed by atoms with Crippen molar-refractivity contribution in [3.8, 4) is 0 Å². The summed E-state index contributed by atoms with van der Waals surface area (Å²) < 4.78 is 4.59. The van der Waals surface area contributed by atoms with Gasteiger partial charge in [0.05, 0.1) is 7.11 Å². The molecule has 0 fully saturated rings. The lowest BCUT2D eigenvalue weighted by Gasteiger charge is -2.15. The van der Waals surface area contributed by atoms with Crippen molar-refractivity contribution in [2.45, 2.75) is 25.3 Å². The Morgan fingerprint density at radius 3 is 3.00 bits per heavy atom. The van der Waals surface area contributed by atoms with Crippen LogP contribution in [0.4, 0.5) is 0 Å². The van der Waals surface area contributed by atoms with E-state index in [-0.39, 0.29) is 0 Å². The summed E-state index contributed by atoms with van der Waals surface area (Å²) in [6.45, 7) is 0. The van der Waals surface area contributed by atoms with E-state index in [0.717, 1.165) is 18.4 Å². The van der Waals surface area contributed by atoms with Crippen molar-refractivity contribution < 1.29 is 14.3 Å². The van der Waals surface area contributed by atoms with Crippen molar-refractivity contribution in [3.63, 3.8) is 0 Å². The average Bonchev–Trinajstić information content (AvgIpc) is 2.29. The maximum atomic E-state index is 11.3. The lowest BCUT2D eigenvalue weighted by Crippen LogP contribution is -2.37. The molecule has 0 saturated carbocycles. The van der Waals surface area contributed by atoms with Crippen LogP contribution in [0.3, 0.4) is 0 Å². The number of amides is 1. The second-order valence-electron chi connectivity index (χ2n) is 3.32. The van der Waals surface area contributed by atoms with Crippen LogP contribution in [-0.4, -0.2) is 25.5 Å². The molecule has 1 atom stereocenters. The smallest absolute Gasteiger partial charge is 0.328 e. The standard InChI is InChI=1S/C11H15NO3/c1-15-11(14)10(12-8-13)7-9-5-3-2-4-6-9/h3,5-6,8,10H,2,4,7H2,1H3,(H,12,13)/t10-/m0/s1. The molecule has 0 aromatic heterocycles. The van der Waals surface area contributed by atoms with Gasteiger partial charge in [-0.2, -0.15) is 0 Å². The van der Waals surface area contributed by atoms with Gasteiger partial charge < -0.3 is 10.1 Å². The van der Waals surface area contributed by atoms with Crippen molar-refractivity contribution in [3.05, 3.63) is 23.8 Å². The largest absolute Gasteiger partial charge is 0.467 e. The number of hydrogen-bond donors (Lipinski definition) is 1. The fourth-order valence-electron chi connectivity index (χ4n) is 1.49. The molecular formula is C11H15NO3. The van der Waals surface area contributed by atoms with Gasteiger partial charge in [-0.25, -0.2) is 4.79 Å². The molecule has 0 aromatic rings. The highest BCUT2D eigenvalue weighted by atomic mass is 16.5. The molecule has 0 radical (unpaired) electrons. The Kier molecular flexibility index (Phi) is 4.60. The van der Waals surface area contributed by atoms with Crippen LogP contribution in [0.15, 0.2) is 23.8 Å². The zero-order chi connectivity index (χ0) is 11.1. The number of rotatable bonds is 5. The number of carbonyl (C=O) groups is 2. The van der Waals surface area contributed by atoms with Gasteiger partial charge in [-0.1, -0.05) is 18.2 Å². The summed E-state index contributed by atoms with van der Waals surface area (Å²) in [5, 5.41) is 2.45. The second kappa shape index (κ2) is 6.01. The number of ether oxygens (including phenoxy) is 1. The fraction of sp³-hybridized carbons (Fsp3) is 0.455. The predicted molar refractivity (Wildman–Crippen MR) is 56.1 cm³/mol. The molecular weight excluding hydrogens is 194 g/mol. The van der Waals surface area contributed by atoms with Crippen LogP contribution >= 0.6 is 0 Å². The second-order valence-corrected chi connectivity index (χ2v) is 3.32. The van der Waals surface area contributed by atoms with Gasteiger partial charge in [-0.15, -0.1) is 0 Å². The number of methoxy groups -OCH3 is 1. The number of carbonyl (C=O) groups excluding carboxylic acids is 2. The molecule has 1 aliphatic carbocycles. The van der Waals surface area contributed by atoms with Crippen LogP contribution in [0.5, 0.6) is 0 Å². The summed E-state index contributed by atoms with van der Waals surface area (Å²) in [4.78, 5) is 21.6. The first-order valence-corrected chi connectivity index (χ1v) is 4.91. The minimum Gasteiger partial charge on any atom is -0.467 e. The van der Waals surface area contributed by atoms with E-state index in [1.54, 1.807) is 0 Å². The normalized spacial score (nSPS) is 16.5. The Hall–Kier alpha value is -1.58. The molecule has 0 heterocycles. The van der Waals surface area contributed by atoms with Crippen LogP contribution in [0.2, 0.25) is 0 Å². The Balaban J connectivity index is 2.57. The molecule has 0 aromatic carbocycles. The van der Waals surface area contributed by atoms with Gasteiger partial charge in [-0.3, -0.25) is 4.79 Å². The topological polar surface area (TPSA) is 55.4 Å². The maximum Gasteiger partial charge on any atom is 0.328 e. The van der Waals surface area contributed by atoms with Gasteiger partial charge in [0.25, 0.3) is 0 Å². The van der Waals surface area contributed by atoms with Crippen molar-refractivity contribution in [2.24, 2.45) is 0 Å². The number of allylic oxidation sites excluding steroid dienone is 3. The molecule has 1 N–H and O–H groups in total. The molecule has 1 aliphatic rings. The average molecular weight is 209 g/mol. The van der Waals surface area contributed by atoms with Crippen molar-refractivity contribution in [1.29, 1.82) is 0 Å². The summed E-state index contributed by atoms with van der Waals surface area (Å²) >= 11 is 0. The number of hydrogen-bond acceptors (Lipinski definition) is 3. The lowest BCUT2D eigenvalue weighted by molar-refractivity contribution is -0.144. The van der Waals surface area contributed by atoms with Crippen molar-refractivity contribution in [1.82, 2.24) is 5.32 Å². The molecule has 4 nitrogen and oxygen atoms in total. The van der Waals surface area contributed by atoms with E-state index in [1.165, 1.54) is 7.11 Å². The number of nitrogens with one attached hydrogen (secondary N) is 1. The molecule has 0 bridgehead atoms. The summed E-state index contributed by atoms with van der Waals surface area (Å²) in [7, 11) is 1.31. The Morgan fingerprint density at radius 2 is 2.47 bits per heavy atom. The van der Waals surface area contributed by atoms with E-state index in [4.69, 9.17) is 0 Å². The quantitative estimate of drug-likeness (QED) is 0.541. The van der Waals surface area contributed by atoms with E-state index in [0.29, 0.717) is 12.8 Å². The third-order valence-electron chi connectivity index (χ3n) is 2.27. The minimum absolute atomic E-state index is 0.415. The first kappa shape index (κ1) is 11.5. The zero-order valence-corrected chi connectivity index (χ0v) is 8.73. The molecule has 0 aliphatic heterocycles. The van der Waals surface area contributed by atoms with Crippen LogP contribution in [0.1, 0.15) is 19.3 Å². The highest BCUT2D eigenvalue weighted by Gasteiger charge is 2.19. The van der Waals surface area contributed by atoms with E-state index in [1.807, 2.05) is 6.08 Å². The first-order chi connectivity index (χ1) is 7.27.